The van der Waals surface area contributed by atoms with Crippen LogP contribution in [0.15, 0.2) is 42.5 Å². The monoisotopic (exact) mass is 257 g/mol. The van der Waals surface area contributed by atoms with Crippen molar-refractivity contribution in [1.82, 2.24) is 0 Å². The maximum atomic E-state index is 11.0. The number of carbonyl (C=O) groups is 1. The molecular formula is C15H15NO3. The summed E-state index contributed by atoms with van der Waals surface area (Å²) >= 11 is 0. The summed E-state index contributed by atoms with van der Waals surface area (Å²) in [5.74, 6) is -0.218. The number of nitrogens with two attached hydrogens (primary N) is 1. The van der Waals surface area contributed by atoms with Crippen LogP contribution in [0.4, 0.5) is 5.69 Å². The van der Waals surface area contributed by atoms with Crippen LogP contribution >= 0.6 is 0 Å². The van der Waals surface area contributed by atoms with Crippen molar-refractivity contribution in [3.63, 3.8) is 0 Å². The second-order valence-corrected chi connectivity index (χ2v) is 4.21. The van der Waals surface area contributed by atoms with E-state index in [4.69, 9.17) is 15.6 Å². The second-order valence-electron chi connectivity index (χ2n) is 4.21. The first-order chi connectivity index (χ1) is 9.11. The van der Waals surface area contributed by atoms with Gasteiger partial charge in [-0.25, -0.2) is 4.79 Å². The molecule has 0 saturated carbocycles. The van der Waals surface area contributed by atoms with E-state index in [2.05, 4.69) is 0 Å². The highest BCUT2D eigenvalue weighted by Crippen LogP contribution is 2.22. The molecule has 0 unspecified atom stereocenters. The minimum atomic E-state index is -1.01. The number of hydrogen-bond donors (Lipinski definition) is 2. The van der Waals surface area contributed by atoms with Gasteiger partial charge in [-0.2, -0.15) is 0 Å². The number of para-hydroxylation sites is 1. The number of carboxylic acid groups (broad SMARTS) is 1. The smallest absolute Gasteiger partial charge is 0.337 e. The quantitative estimate of drug-likeness (QED) is 0.826. The first-order valence-corrected chi connectivity index (χ1v) is 5.85. The fourth-order valence-corrected chi connectivity index (χ4v) is 1.92. The first kappa shape index (κ1) is 13.0. The van der Waals surface area contributed by atoms with Crippen molar-refractivity contribution < 1.29 is 14.6 Å². The second kappa shape index (κ2) is 5.44. The summed E-state index contributed by atoms with van der Waals surface area (Å²) in [6, 6.07) is 12.7. The van der Waals surface area contributed by atoms with Gasteiger partial charge in [-0.15, -0.1) is 0 Å². The zero-order valence-corrected chi connectivity index (χ0v) is 10.6. The Labute approximate surface area is 111 Å². The van der Waals surface area contributed by atoms with Gasteiger partial charge in [-0.3, -0.25) is 0 Å². The lowest BCUT2D eigenvalue weighted by Gasteiger charge is -2.09. The minimum Gasteiger partial charge on any atom is -0.497 e. The number of ether oxygens (including phenoxy) is 1. The molecule has 2 aromatic rings. The molecule has 0 aromatic heterocycles. The normalized spacial score (nSPS) is 10.2. The molecule has 0 heterocycles. The van der Waals surface area contributed by atoms with Crippen molar-refractivity contribution in [1.29, 1.82) is 0 Å². The number of aromatic carboxylic acids is 1. The molecule has 2 aromatic carbocycles. The van der Waals surface area contributed by atoms with Crippen molar-refractivity contribution >= 4 is 11.7 Å². The summed E-state index contributed by atoms with van der Waals surface area (Å²) in [5, 5.41) is 9.03. The van der Waals surface area contributed by atoms with Crippen molar-refractivity contribution in [3.8, 4) is 5.75 Å². The highest BCUT2D eigenvalue weighted by atomic mass is 16.5. The fraction of sp³-hybridized carbons (Fsp3) is 0.133. The highest BCUT2D eigenvalue weighted by Gasteiger charge is 2.11. The van der Waals surface area contributed by atoms with Crippen molar-refractivity contribution in [3.05, 3.63) is 59.2 Å². The van der Waals surface area contributed by atoms with Crippen LogP contribution in [-0.4, -0.2) is 18.2 Å². The summed E-state index contributed by atoms with van der Waals surface area (Å²) < 4.78 is 5.09. The average Bonchev–Trinajstić information content (AvgIpc) is 2.41. The Morgan fingerprint density at radius 3 is 2.47 bits per heavy atom. The van der Waals surface area contributed by atoms with E-state index < -0.39 is 5.97 Å². The Morgan fingerprint density at radius 1 is 1.21 bits per heavy atom. The van der Waals surface area contributed by atoms with E-state index in [1.165, 1.54) is 6.07 Å². The predicted octanol–water partition coefficient (Wildman–Crippen LogP) is 2.57. The molecule has 4 nitrogen and oxygen atoms in total. The Bertz CT molecular complexity index is 591. The molecule has 0 saturated heterocycles. The molecule has 98 valence electrons. The number of nitrogen functional groups attached to an aromatic ring is 1. The lowest BCUT2D eigenvalue weighted by molar-refractivity contribution is 0.0698. The van der Waals surface area contributed by atoms with Crippen LogP contribution in [0.5, 0.6) is 5.75 Å². The van der Waals surface area contributed by atoms with Crippen LogP contribution in [0, 0.1) is 0 Å². The number of hydrogen-bond acceptors (Lipinski definition) is 3. The molecule has 4 heteroatoms. The molecule has 19 heavy (non-hydrogen) atoms. The summed E-state index contributed by atoms with van der Waals surface area (Å²) in [4.78, 5) is 11.0. The van der Waals surface area contributed by atoms with Gasteiger partial charge in [0, 0.05) is 5.69 Å². The molecule has 0 aliphatic rings. The van der Waals surface area contributed by atoms with Gasteiger partial charge in [0.25, 0.3) is 0 Å². The van der Waals surface area contributed by atoms with E-state index in [-0.39, 0.29) is 5.56 Å². The summed E-state index contributed by atoms with van der Waals surface area (Å²) in [6.07, 6.45) is 0.594. The number of benzene rings is 2. The van der Waals surface area contributed by atoms with Crippen LogP contribution in [0.2, 0.25) is 0 Å². The van der Waals surface area contributed by atoms with Gasteiger partial charge in [0.1, 0.15) is 5.75 Å². The maximum Gasteiger partial charge on any atom is 0.337 e. The van der Waals surface area contributed by atoms with Crippen molar-refractivity contribution in [2.24, 2.45) is 0 Å². The third-order valence-corrected chi connectivity index (χ3v) is 2.98. The average molecular weight is 257 g/mol. The van der Waals surface area contributed by atoms with Crippen LogP contribution in [0.25, 0.3) is 0 Å². The zero-order chi connectivity index (χ0) is 13.8. The fourth-order valence-electron chi connectivity index (χ4n) is 1.92. The van der Waals surface area contributed by atoms with Gasteiger partial charge in [0.15, 0.2) is 0 Å². The van der Waals surface area contributed by atoms with E-state index in [1.54, 1.807) is 13.2 Å². The lowest BCUT2D eigenvalue weighted by atomic mass is 10.0. The Balaban J connectivity index is 2.27. The molecule has 3 N–H and O–H groups in total. The molecule has 2 rings (SSSR count). The Morgan fingerprint density at radius 2 is 1.89 bits per heavy atom. The molecule has 0 fully saturated rings. The third kappa shape index (κ3) is 2.85. The first-order valence-electron chi connectivity index (χ1n) is 5.85. The van der Waals surface area contributed by atoms with Gasteiger partial charge in [0.05, 0.1) is 12.7 Å². The number of methoxy groups -OCH3 is 1. The highest BCUT2D eigenvalue weighted by molar-refractivity contribution is 5.94. The molecule has 0 atom stereocenters. The Kier molecular flexibility index (Phi) is 3.71. The third-order valence-electron chi connectivity index (χ3n) is 2.98. The molecule has 0 amide bonds. The minimum absolute atomic E-state index is 0.144. The molecule has 0 aliphatic carbocycles. The van der Waals surface area contributed by atoms with Gasteiger partial charge in [-0.1, -0.05) is 24.3 Å². The molecular weight excluding hydrogens is 242 g/mol. The molecule has 0 bridgehead atoms. The predicted molar refractivity (Wildman–Crippen MR) is 73.6 cm³/mol. The van der Waals surface area contributed by atoms with Crippen LogP contribution in [0.1, 0.15) is 21.5 Å². The van der Waals surface area contributed by atoms with E-state index >= 15 is 0 Å². The van der Waals surface area contributed by atoms with Gasteiger partial charge < -0.3 is 15.6 Å². The van der Waals surface area contributed by atoms with Crippen molar-refractivity contribution in [2.45, 2.75) is 6.42 Å². The number of anilines is 1. The largest absolute Gasteiger partial charge is 0.497 e. The van der Waals surface area contributed by atoms with Gasteiger partial charge >= 0.3 is 5.97 Å². The van der Waals surface area contributed by atoms with E-state index in [1.807, 2.05) is 30.3 Å². The molecule has 0 spiro atoms. The summed E-state index contributed by atoms with van der Waals surface area (Å²) in [5.41, 5.74) is 8.21. The van der Waals surface area contributed by atoms with Gasteiger partial charge in [0.2, 0.25) is 0 Å². The molecule has 0 radical (unpaired) electrons. The summed E-state index contributed by atoms with van der Waals surface area (Å²) in [7, 11) is 1.61. The molecule has 0 aliphatic heterocycles. The summed E-state index contributed by atoms with van der Waals surface area (Å²) in [6.45, 7) is 0. The number of rotatable bonds is 4. The van der Waals surface area contributed by atoms with Crippen molar-refractivity contribution in [2.75, 3.05) is 12.8 Å². The lowest BCUT2D eigenvalue weighted by Crippen LogP contribution is -2.05. The SMILES string of the molecule is COc1ccc(Cc2cccc(C(=O)O)c2N)cc1. The van der Waals surface area contributed by atoms with Crippen LogP contribution in [0.3, 0.4) is 0 Å². The van der Waals surface area contributed by atoms with E-state index in [9.17, 15) is 4.79 Å². The van der Waals surface area contributed by atoms with E-state index in [0.717, 1.165) is 16.9 Å². The Hall–Kier alpha value is -2.49. The number of carboxylic acids is 1. The standard InChI is InChI=1S/C15H15NO3/c1-19-12-7-5-10(6-8-12)9-11-3-2-4-13(14(11)16)15(17)18/h2-8H,9,16H2,1H3,(H,17,18). The van der Waals surface area contributed by atoms with Gasteiger partial charge in [-0.05, 0) is 35.7 Å². The topological polar surface area (TPSA) is 72.5 Å². The van der Waals surface area contributed by atoms with Crippen LogP contribution < -0.4 is 10.5 Å². The van der Waals surface area contributed by atoms with Crippen LogP contribution in [-0.2, 0) is 6.42 Å². The van der Waals surface area contributed by atoms with E-state index in [0.29, 0.717) is 12.1 Å². The maximum absolute atomic E-state index is 11.0. The zero-order valence-electron chi connectivity index (χ0n) is 10.6.